The van der Waals surface area contributed by atoms with E-state index < -0.39 is 28.6 Å². The molecule has 0 fully saturated rings. The summed E-state index contributed by atoms with van der Waals surface area (Å²) in [6.45, 7) is 1.52. The Morgan fingerprint density at radius 2 is 1.58 bits per heavy atom. The molecule has 0 aliphatic rings. The van der Waals surface area contributed by atoms with Crippen molar-refractivity contribution in [2.24, 2.45) is 0 Å². The van der Waals surface area contributed by atoms with E-state index in [0.717, 1.165) is 6.07 Å². The zero-order valence-corrected chi connectivity index (χ0v) is 17.3. The average molecular weight is 446 g/mol. The highest BCUT2D eigenvalue weighted by Gasteiger charge is 2.33. The molecule has 0 bridgehead atoms. The van der Waals surface area contributed by atoms with Gasteiger partial charge in [-0.3, -0.25) is 9.59 Å². The summed E-state index contributed by atoms with van der Waals surface area (Å²) in [6.07, 6.45) is -4.57. The normalized spacial score (nSPS) is 12.3. The Morgan fingerprint density at radius 1 is 0.935 bits per heavy atom. The first-order chi connectivity index (χ1) is 14.7. The molecule has 1 N–H and O–H groups in total. The van der Waals surface area contributed by atoms with Crippen LogP contribution in [-0.2, 0) is 17.5 Å². The molecule has 31 heavy (non-hydrogen) atoms. The SMILES string of the molecule is CC(C(=O)NCc1cccc(C(F)(F)F)c1Cl)c1cccc(C(=O)c2ccccc2)c1. The number of benzene rings is 3. The molecule has 0 saturated heterocycles. The number of hydrogen-bond acceptors (Lipinski definition) is 2. The third kappa shape index (κ3) is 5.33. The molecule has 3 rings (SSSR count). The van der Waals surface area contributed by atoms with Gasteiger partial charge in [-0.15, -0.1) is 0 Å². The highest BCUT2D eigenvalue weighted by Crippen LogP contribution is 2.36. The summed E-state index contributed by atoms with van der Waals surface area (Å²) in [5, 5.41) is 2.19. The van der Waals surface area contributed by atoms with Crippen LogP contribution in [0.4, 0.5) is 13.2 Å². The summed E-state index contributed by atoms with van der Waals surface area (Å²) in [7, 11) is 0. The summed E-state index contributed by atoms with van der Waals surface area (Å²) >= 11 is 5.88. The Labute approximate surface area is 182 Å². The number of alkyl halides is 3. The van der Waals surface area contributed by atoms with E-state index in [1.54, 1.807) is 55.5 Å². The van der Waals surface area contributed by atoms with Gasteiger partial charge in [-0.05, 0) is 30.2 Å². The third-order valence-electron chi connectivity index (χ3n) is 4.92. The van der Waals surface area contributed by atoms with Gasteiger partial charge in [-0.1, -0.05) is 72.3 Å². The second-order valence-corrected chi connectivity index (χ2v) is 7.41. The summed E-state index contributed by atoms with van der Waals surface area (Å²) in [5.74, 6) is -1.17. The number of halogens is 4. The van der Waals surface area contributed by atoms with Gasteiger partial charge >= 0.3 is 6.18 Å². The number of carbonyl (C=O) groups excluding carboxylic acids is 2. The molecule has 160 valence electrons. The van der Waals surface area contributed by atoms with Crippen molar-refractivity contribution in [3.8, 4) is 0 Å². The van der Waals surface area contributed by atoms with Crippen molar-refractivity contribution in [1.82, 2.24) is 5.32 Å². The number of ketones is 1. The molecule has 3 aromatic rings. The molecule has 3 nitrogen and oxygen atoms in total. The molecule has 3 aromatic carbocycles. The van der Waals surface area contributed by atoms with Crippen LogP contribution in [0.5, 0.6) is 0 Å². The maximum atomic E-state index is 13.0. The number of hydrogen-bond donors (Lipinski definition) is 1. The lowest BCUT2D eigenvalue weighted by Gasteiger charge is -2.16. The predicted octanol–water partition coefficient (Wildman–Crippen LogP) is 6.01. The van der Waals surface area contributed by atoms with E-state index in [0.29, 0.717) is 16.7 Å². The van der Waals surface area contributed by atoms with E-state index in [9.17, 15) is 22.8 Å². The first-order valence-electron chi connectivity index (χ1n) is 9.50. The summed E-state index contributed by atoms with van der Waals surface area (Å²) < 4.78 is 39.0. The quantitative estimate of drug-likeness (QED) is 0.472. The van der Waals surface area contributed by atoms with Crippen molar-refractivity contribution in [3.05, 3.63) is 106 Å². The Morgan fingerprint density at radius 3 is 2.26 bits per heavy atom. The molecule has 7 heteroatoms. The fourth-order valence-electron chi connectivity index (χ4n) is 3.13. The van der Waals surface area contributed by atoms with Crippen LogP contribution in [-0.4, -0.2) is 11.7 Å². The fourth-order valence-corrected chi connectivity index (χ4v) is 3.43. The zero-order valence-electron chi connectivity index (χ0n) is 16.5. The van der Waals surface area contributed by atoms with Crippen LogP contribution in [0.2, 0.25) is 5.02 Å². The lowest BCUT2D eigenvalue weighted by Crippen LogP contribution is -2.28. The van der Waals surface area contributed by atoms with Crippen molar-refractivity contribution < 1.29 is 22.8 Å². The first-order valence-corrected chi connectivity index (χ1v) is 9.88. The van der Waals surface area contributed by atoms with E-state index in [1.807, 2.05) is 6.07 Å². The van der Waals surface area contributed by atoms with E-state index in [4.69, 9.17) is 11.6 Å². The van der Waals surface area contributed by atoms with Crippen LogP contribution >= 0.6 is 11.6 Å². The monoisotopic (exact) mass is 445 g/mol. The molecular formula is C24H19ClF3NO2. The smallest absolute Gasteiger partial charge is 0.351 e. The standard InChI is InChI=1S/C24H19ClF3NO2/c1-15(17-9-5-10-18(13-17)22(30)16-7-3-2-4-8-16)23(31)29-14-19-11-6-12-20(21(19)25)24(26,27)28/h2-13,15H,14H2,1H3,(H,29,31). The maximum Gasteiger partial charge on any atom is 0.417 e. The molecule has 0 heterocycles. The minimum atomic E-state index is -4.57. The molecule has 1 unspecified atom stereocenters. The van der Waals surface area contributed by atoms with Gasteiger partial charge in [0.25, 0.3) is 0 Å². The minimum absolute atomic E-state index is 0.144. The number of nitrogens with one attached hydrogen (secondary N) is 1. The molecule has 0 aliphatic heterocycles. The topological polar surface area (TPSA) is 46.2 Å². The van der Waals surface area contributed by atoms with Crippen molar-refractivity contribution in [2.75, 3.05) is 0 Å². The summed E-state index contributed by atoms with van der Waals surface area (Å²) in [6, 6.07) is 19.1. The molecule has 0 aromatic heterocycles. The summed E-state index contributed by atoms with van der Waals surface area (Å²) in [4.78, 5) is 25.2. The van der Waals surface area contributed by atoms with E-state index >= 15 is 0 Å². The maximum absolute atomic E-state index is 13.0. The second kappa shape index (κ2) is 9.35. The first kappa shape index (κ1) is 22.6. The molecule has 0 aliphatic carbocycles. The van der Waals surface area contributed by atoms with E-state index in [-0.39, 0.29) is 17.9 Å². The Balaban J connectivity index is 1.72. The van der Waals surface area contributed by atoms with E-state index in [1.165, 1.54) is 12.1 Å². The summed E-state index contributed by atoms with van der Waals surface area (Å²) in [5.41, 5.74) is 0.834. The Hall–Kier alpha value is -3.12. The number of carbonyl (C=O) groups is 2. The van der Waals surface area contributed by atoms with Crippen LogP contribution in [0.25, 0.3) is 0 Å². The number of amides is 1. The van der Waals surface area contributed by atoms with Crippen molar-refractivity contribution in [2.45, 2.75) is 25.6 Å². The van der Waals surface area contributed by atoms with Crippen molar-refractivity contribution in [3.63, 3.8) is 0 Å². The van der Waals surface area contributed by atoms with Gasteiger partial charge in [0.05, 0.1) is 16.5 Å². The van der Waals surface area contributed by atoms with Crippen LogP contribution in [0.3, 0.4) is 0 Å². The largest absolute Gasteiger partial charge is 0.417 e. The van der Waals surface area contributed by atoms with E-state index in [2.05, 4.69) is 5.32 Å². The fraction of sp³-hybridized carbons (Fsp3) is 0.167. The van der Waals surface area contributed by atoms with Gasteiger partial charge in [0.2, 0.25) is 5.91 Å². The third-order valence-corrected chi connectivity index (χ3v) is 5.36. The lowest BCUT2D eigenvalue weighted by atomic mass is 9.95. The van der Waals surface area contributed by atoms with Gasteiger partial charge in [0.1, 0.15) is 0 Å². The van der Waals surface area contributed by atoms with Crippen LogP contribution in [0.15, 0.2) is 72.8 Å². The second-order valence-electron chi connectivity index (χ2n) is 7.04. The molecule has 0 radical (unpaired) electrons. The molecule has 1 amide bonds. The van der Waals surface area contributed by atoms with Crippen LogP contribution < -0.4 is 5.32 Å². The number of rotatable bonds is 6. The Kier molecular flexibility index (Phi) is 6.81. The van der Waals surface area contributed by atoms with Crippen molar-refractivity contribution in [1.29, 1.82) is 0 Å². The lowest BCUT2D eigenvalue weighted by molar-refractivity contribution is -0.137. The highest BCUT2D eigenvalue weighted by molar-refractivity contribution is 6.32. The van der Waals surface area contributed by atoms with Crippen LogP contribution in [0.1, 0.15) is 45.5 Å². The average Bonchev–Trinajstić information content (AvgIpc) is 2.77. The Bertz CT molecular complexity index is 1100. The molecule has 0 spiro atoms. The molecule has 0 saturated carbocycles. The zero-order chi connectivity index (χ0) is 22.6. The van der Waals surface area contributed by atoms with Gasteiger partial charge in [-0.2, -0.15) is 13.2 Å². The van der Waals surface area contributed by atoms with Gasteiger partial charge in [-0.25, -0.2) is 0 Å². The van der Waals surface area contributed by atoms with Crippen molar-refractivity contribution >= 4 is 23.3 Å². The minimum Gasteiger partial charge on any atom is -0.351 e. The highest BCUT2D eigenvalue weighted by atomic mass is 35.5. The molecular weight excluding hydrogens is 427 g/mol. The molecule has 1 atom stereocenters. The van der Waals surface area contributed by atoms with Gasteiger partial charge in [0, 0.05) is 17.7 Å². The van der Waals surface area contributed by atoms with Gasteiger partial charge < -0.3 is 5.32 Å². The van der Waals surface area contributed by atoms with Crippen LogP contribution in [0, 0.1) is 0 Å². The van der Waals surface area contributed by atoms with Gasteiger partial charge in [0.15, 0.2) is 5.78 Å². The predicted molar refractivity (Wildman–Crippen MR) is 113 cm³/mol.